The Bertz CT molecular complexity index is 779. The van der Waals surface area contributed by atoms with Crippen LogP contribution in [0.2, 0.25) is 0 Å². The number of ether oxygens (including phenoxy) is 1. The molecule has 5 nitrogen and oxygen atoms in total. The van der Waals surface area contributed by atoms with Crippen molar-refractivity contribution in [3.05, 3.63) is 53.7 Å². The zero-order chi connectivity index (χ0) is 17.8. The van der Waals surface area contributed by atoms with Gasteiger partial charge in [0.2, 0.25) is 0 Å². The van der Waals surface area contributed by atoms with Crippen LogP contribution in [0.4, 0.5) is 5.69 Å². The summed E-state index contributed by atoms with van der Waals surface area (Å²) < 4.78 is 29.0. The molecule has 0 unspecified atom stereocenters. The number of rotatable bonds is 6. The number of hydrogen-bond donors (Lipinski definition) is 1. The maximum atomic E-state index is 12.3. The molecule has 0 saturated heterocycles. The first-order valence-corrected chi connectivity index (χ1v) is 9.23. The van der Waals surface area contributed by atoms with E-state index in [2.05, 4.69) is 16.4 Å². The van der Waals surface area contributed by atoms with Crippen molar-refractivity contribution in [3.8, 4) is 0 Å². The molecule has 0 bridgehead atoms. The molecule has 0 atom stereocenters. The van der Waals surface area contributed by atoms with Crippen LogP contribution in [0.15, 0.2) is 47.6 Å². The van der Waals surface area contributed by atoms with E-state index in [0.29, 0.717) is 13.2 Å². The lowest BCUT2D eigenvalue weighted by molar-refractivity contribution is 0.185. The molecule has 0 aliphatic carbocycles. The summed E-state index contributed by atoms with van der Waals surface area (Å²) in [7, 11) is -1.75. The van der Waals surface area contributed by atoms with E-state index >= 15 is 0 Å². The minimum Gasteiger partial charge on any atom is -0.380 e. The number of aromatic nitrogens is 1. The van der Waals surface area contributed by atoms with E-state index in [4.69, 9.17) is 4.74 Å². The summed E-state index contributed by atoms with van der Waals surface area (Å²) in [5.74, 6) is 0. The van der Waals surface area contributed by atoms with E-state index in [1.165, 1.54) is 0 Å². The third-order valence-corrected chi connectivity index (χ3v) is 6.02. The largest absolute Gasteiger partial charge is 0.380 e. The number of nitrogens with zero attached hydrogens (tertiary/aromatic N) is 1. The number of nitrogens with one attached hydrogen (secondary N) is 1. The van der Waals surface area contributed by atoms with Gasteiger partial charge in [0.25, 0.3) is 0 Å². The van der Waals surface area contributed by atoms with Gasteiger partial charge in [0.1, 0.15) is 0 Å². The SMILES string of the molecule is COCc1cccc(CNc2ccc(S(=O)(=O)C(C)(C)C)nc2)c1. The third-order valence-electron chi connectivity index (χ3n) is 3.62. The summed E-state index contributed by atoms with van der Waals surface area (Å²) in [6, 6.07) is 11.4. The summed E-state index contributed by atoms with van der Waals surface area (Å²) >= 11 is 0. The zero-order valence-corrected chi connectivity index (χ0v) is 15.4. The molecule has 0 amide bonds. The molecule has 0 radical (unpaired) electrons. The fourth-order valence-corrected chi connectivity index (χ4v) is 3.22. The zero-order valence-electron chi connectivity index (χ0n) is 14.5. The van der Waals surface area contributed by atoms with Crippen molar-refractivity contribution in [2.24, 2.45) is 0 Å². The van der Waals surface area contributed by atoms with Crippen LogP contribution in [0.1, 0.15) is 31.9 Å². The maximum Gasteiger partial charge on any atom is 0.200 e. The van der Waals surface area contributed by atoms with E-state index in [9.17, 15) is 8.42 Å². The molecule has 0 aliphatic rings. The number of hydrogen-bond acceptors (Lipinski definition) is 5. The van der Waals surface area contributed by atoms with Gasteiger partial charge in [-0.3, -0.25) is 0 Å². The quantitative estimate of drug-likeness (QED) is 0.866. The smallest absolute Gasteiger partial charge is 0.200 e. The van der Waals surface area contributed by atoms with E-state index in [-0.39, 0.29) is 5.03 Å². The Morgan fingerprint density at radius 1 is 1.12 bits per heavy atom. The molecule has 1 N–H and O–H groups in total. The lowest BCUT2D eigenvalue weighted by atomic mass is 10.1. The Kier molecular flexibility index (Phi) is 5.62. The summed E-state index contributed by atoms with van der Waals surface area (Å²) in [6.07, 6.45) is 1.55. The highest BCUT2D eigenvalue weighted by Crippen LogP contribution is 2.23. The second-order valence-corrected chi connectivity index (χ2v) is 9.26. The molecular formula is C18H24N2O3S. The molecule has 24 heavy (non-hydrogen) atoms. The molecule has 2 rings (SSSR count). The number of pyridine rings is 1. The van der Waals surface area contributed by atoms with Gasteiger partial charge in [0.15, 0.2) is 14.9 Å². The summed E-state index contributed by atoms with van der Waals surface area (Å²) in [4.78, 5) is 4.11. The van der Waals surface area contributed by atoms with Gasteiger partial charge < -0.3 is 10.1 Å². The summed E-state index contributed by atoms with van der Waals surface area (Å²) in [6.45, 7) is 6.22. The monoisotopic (exact) mass is 348 g/mol. The van der Waals surface area contributed by atoms with Crippen LogP contribution < -0.4 is 5.32 Å². The van der Waals surface area contributed by atoms with Crippen molar-refractivity contribution >= 4 is 15.5 Å². The van der Waals surface area contributed by atoms with E-state index in [1.54, 1.807) is 46.2 Å². The summed E-state index contributed by atoms with van der Waals surface area (Å²) in [5, 5.41) is 3.35. The molecule has 0 aliphatic heterocycles. The topological polar surface area (TPSA) is 68.3 Å². The number of benzene rings is 1. The van der Waals surface area contributed by atoms with Gasteiger partial charge in [-0.1, -0.05) is 24.3 Å². The van der Waals surface area contributed by atoms with Crippen LogP contribution in [0.3, 0.4) is 0 Å². The Labute approximate surface area is 144 Å². The van der Waals surface area contributed by atoms with Crippen molar-refractivity contribution in [1.29, 1.82) is 0 Å². The van der Waals surface area contributed by atoms with E-state index in [1.807, 2.05) is 18.2 Å². The first kappa shape index (κ1) is 18.4. The molecule has 2 aromatic rings. The van der Waals surface area contributed by atoms with Crippen molar-refractivity contribution in [1.82, 2.24) is 4.98 Å². The van der Waals surface area contributed by atoms with Crippen LogP contribution in [0.5, 0.6) is 0 Å². The van der Waals surface area contributed by atoms with Gasteiger partial charge in [-0.05, 0) is 44.0 Å². The highest BCUT2D eigenvalue weighted by molar-refractivity contribution is 7.92. The van der Waals surface area contributed by atoms with Crippen molar-refractivity contribution in [2.45, 2.75) is 43.7 Å². The van der Waals surface area contributed by atoms with Crippen LogP contribution >= 0.6 is 0 Å². The van der Waals surface area contributed by atoms with Crippen LogP contribution in [-0.4, -0.2) is 25.3 Å². The molecule has 130 valence electrons. The Hall–Kier alpha value is -1.92. The fourth-order valence-electron chi connectivity index (χ4n) is 2.16. The molecule has 0 saturated carbocycles. The predicted molar refractivity (Wildman–Crippen MR) is 95.7 cm³/mol. The fraction of sp³-hybridized carbons (Fsp3) is 0.389. The Balaban J connectivity index is 2.06. The van der Waals surface area contributed by atoms with Crippen LogP contribution in [0.25, 0.3) is 0 Å². The van der Waals surface area contributed by atoms with Crippen molar-refractivity contribution in [3.63, 3.8) is 0 Å². The Morgan fingerprint density at radius 2 is 1.83 bits per heavy atom. The first-order valence-electron chi connectivity index (χ1n) is 7.75. The molecule has 6 heteroatoms. The van der Waals surface area contributed by atoms with Gasteiger partial charge in [-0.2, -0.15) is 0 Å². The Morgan fingerprint density at radius 3 is 2.42 bits per heavy atom. The van der Waals surface area contributed by atoms with Crippen LogP contribution in [0, 0.1) is 0 Å². The van der Waals surface area contributed by atoms with Gasteiger partial charge in [-0.15, -0.1) is 0 Å². The second kappa shape index (κ2) is 7.32. The standard InChI is InChI=1S/C18H24N2O3S/c1-18(2,3)24(21,22)17-9-8-16(12-20-17)19-11-14-6-5-7-15(10-14)13-23-4/h5-10,12,19H,11,13H2,1-4H3. The average Bonchev–Trinajstić information content (AvgIpc) is 2.53. The first-order chi connectivity index (χ1) is 11.2. The summed E-state index contributed by atoms with van der Waals surface area (Å²) in [5.41, 5.74) is 3.01. The van der Waals surface area contributed by atoms with Gasteiger partial charge >= 0.3 is 0 Å². The average molecular weight is 348 g/mol. The highest BCUT2D eigenvalue weighted by Gasteiger charge is 2.31. The van der Waals surface area contributed by atoms with Crippen molar-refractivity contribution < 1.29 is 13.2 Å². The molecule has 1 heterocycles. The van der Waals surface area contributed by atoms with Gasteiger partial charge in [-0.25, -0.2) is 13.4 Å². The highest BCUT2D eigenvalue weighted by atomic mass is 32.2. The predicted octanol–water partition coefficient (Wildman–Crippen LogP) is 3.41. The van der Waals surface area contributed by atoms with E-state index in [0.717, 1.165) is 16.8 Å². The molecule has 1 aromatic carbocycles. The van der Waals surface area contributed by atoms with Crippen LogP contribution in [-0.2, 0) is 27.7 Å². The molecule has 0 spiro atoms. The second-order valence-electron chi connectivity index (χ2n) is 6.61. The molecular weight excluding hydrogens is 324 g/mol. The number of methoxy groups -OCH3 is 1. The maximum absolute atomic E-state index is 12.3. The molecule has 1 aromatic heterocycles. The minimum absolute atomic E-state index is 0.0997. The normalized spacial score (nSPS) is 12.2. The molecule has 0 fully saturated rings. The number of anilines is 1. The lowest BCUT2D eigenvalue weighted by Crippen LogP contribution is -2.28. The lowest BCUT2D eigenvalue weighted by Gasteiger charge is -2.18. The number of sulfone groups is 1. The minimum atomic E-state index is -3.43. The van der Waals surface area contributed by atoms with Crippen molar-refractivity contribution in [2.75, 3.05) is 12.4 Å². The van der Waals surface area contributed by atoms with Gasteiger partial charge in [0.05, 0.1) is 23.2 Å². The van der Waals surface area contributed by atoms with E-state index < -0.39 is 14.6 Å². The third kappa shape index (κ3) is 4.33. The van der Waals surface area contributed by atoms with Gasteiger partial charge in [0, 0.05) is 13.7 Å².